The zero-order chi connectivity index (χ0) is 16.4. The van der Waals surface area contributed by atoms with E-state index in [9.17, 15) is 0 Å². The van der Waals surface area contributed by atoms with E-state index in [-0.39, 0.29) is 0 Å². The lowest BCUT2D eigenvalue weighted by molar-refractivity contribution is 0.353. The van der Waals surface area contributed by atoms with Crippen LogP contribution in [0.4, 0.5) is 5.69 Å². The third-order valence-corrected chi connectivity index (χ3v) is 3.98. The monoisotopic (exact) mass is 319 g/mol. The van der Waals surface area contributed by atoms with E-state index in [4.69, 9.17) is 4.42 Å². The predicted octanol–water partition coefficient (Wildman–Crippen LogP) is 3.13. The standard InChI is InChI=1S/C18H17N5O/c1-23-10-14-6-17(20-7-15(14)11-23)8-21-22-16-4-2-13(3-5-16)18-9-19-12-24-18/h2-9,12,22H,10-11H2,1H3. The minimum atomic E-state index is 0.748. The van der Waals surface area contributed by atoms with Crippen LogP contribution in [0.5, 0.6) is 0 Å². The van der Waals surface area contributed by atoms with Crippen LogP contribution in [0.25, 0.3) is 11.3 Å². The number of nitrogens with one attached hydrogen (secondary N) is 1. The van der Waals surface area contributed by atoms with E-state index in [0.29, 0.717) is 0 Å². The molecule has 1 aliphatic rings. The van der Waals surface area contributed by atoms with Crippen molar-refractivity contribution < 1.29 is 4.42 Å². The molecule has 0 fully saturated rings. The van der Waals surface area contributed by atoms with Crippen LogP contribution in [-0.2, 0) is 13.1 Å². The van der Waals surface area contributed by atoms with Gasteiger partial charge in [-0.1, -0.05) is 0 Å². The topological polar surface area (TPSA) is 66.6 Å². The summed E-state index contributed by atoms with van der Waals surface area (Å²) >= 11 is 0. The predicted molar refractivity (Wildman–Crippen MR) is 92.6 cm³/mol. The molecule has 0 amide bonds. The Morgan fingerprint density at radius 2 is 2.00 bits per heavy atom. The van der Waals surface area contributed by atoms with Gasteiger partial charge in [0.15, 0.2) is 12.2 Å². The Kier molecular flexibility index (Phi) is 3.80. The van der Waals surface area contributed by atoms with Crippen molar-refractivity contribution in [1.82, 2.24) is 14.9 Å². The Bertz CT molecular complexity index is 856. The van der Waals surface area contributed by atoms with Crippen LogP contribution in [-0.4, -0.2) is 28.1 Å². The number of rotatable bonds is 4. The van der Waals surface area contributed by atoms with Crippen molar-refractivity contribution in [3.8, 4) is 11.3 Å². The Hall–Kier alpha value is -2.99. The molecule has 0 atom stereocenters. The summed E-state index contributed by atoms with van der Waals surface area (Å²) in [4.78, 5) is 10.6. The third-order valence-electron chi connectivity index (χ3n) is 3.98. The van der Waals surface area contributed by atoms with Gasteiger partial charge in [-0.2, -0.15) is 5.10 Å². The van der Waals surface area contributed by atoms with E-state index in [0.717, 1.165) is 35.8 Å². The number of hydrogen-bond donors (Lipinski definition) is 1. The summed E-state index contributed by atoms with van der Waals surface area (Å²) in [5.41, 5.74) is 8.37. The van der Waals surface area contributed by atoms with Crippen molar-refractivity contribution in [3.05, 3.63) is 65.9 Å². The fourth-order valence-electron chi connectivity index (χ4n) is 2.78. The van der Waals surface area contributed by atoms with E-state index < -0.39 is 0 Å². The molecule has 6 heteroatoms. The van der Waals surface area contributed by atoms with E-state index in [1.807, 2.05) is 30.5 Å². The number of fused-ring (bicyclic) bond motifs is 1. The maximum Gasteiger partial charge on any atom is 0.181 e. The molecule has 0 saturated carbocycles. The molecule has 0 radical (unpaired) electrons. The summed E-state index contributed by atoms with van der Waals surface area (Å²) in [6.07, 6.45) is 6.79. The maximum absolute atomic E-state index is 5.27. The van der Waals surface area contributed by atoms with Crippen LogP contribution >= 0.6 is 0 Å². The average Bonchev–Trinajstić information content (AvgIpc) is 3.24. The lowest BCUT2D eigenvalue weighted by atomic mass is 10.1. The molecule has 120 valence electrons. The van der Waals surface area contributed by atoms with Crippen LogP contribution in [0.3, 0.4) is 0 Å². The molecule has 1 aliphatic heterocycles. The highest BCUT2D eigenvalue weighted by atomic mass is 16.3. The van der Waals surface area contributed by atoms with Gasteiger partial charge in [-0.05, 0) is 48.5 Å². The molecule has 4 rings (SSSR count). The van der Waals surface area contributed by atoms with Crippen molar-refractivity contribution in [2.24, 2.45) is 5.10 Å². The SMILES string of the molecule is CN1Cc2cnc(C=NNc3ccc(-c4cnco4)cc3)cc2C1. The van der Waals surface area contributed by atoms with Gasteiger partial charge in [-0.3, -0.25) is 15.3 Å². The Labute approximate surface area is 139 Å². The Morgan fingerprint density at radius 1 is 1.17 bits per heavy atom. The number of benzene rings is 1. The number of oxazole rings is 1. The first-order valence-corrected chi connectivity index (χ1v) is 7.72. The van der Waals surface area contributed by atoms with Crippen molar-refractivity contribution in [3.63, 3.8) is 0 Å². The fourth-order valence-corrected chi connectivity index (χ4v) is 2.78. The molecule has 0 saturated heterocycles. The fraction of sp³-hybridized carbons (Fsp3) is 0.167. The summed E-state index contributed by atoms with van der Waals surface area (Å²) in [6.45, 7) is 1.94. The zero-order valence-corrected chi connectivity index (χ0v) is 13.3. The number of aromatic nitrogens is 2. The Balaban J connectivity index is 1.41. The van der Waals surface area contributed by atoms with Gasteiger partial charge in [-0.25, -0.2) is 4.98 Å². The molecule has 24 heavy (non-hydrogen) atoms. The molecule has 0 aliphatic carbocycles. The minimum absolute atomic E-state index is 0.748. The molecule has 0 spiro atoms. The highest BCUT2D eigenvalue weighted by Gasteiger charge is 2.15. The smallest absolute Gasteiger partial charge is 0.181 e. The minimum Gasteiger partial charge on any atom is -0.444 e. The molecule has 3 aromatic rings. The summed E-state index contributed by atoms with van der Waals surface area (Å²) in [6, 6.07) is 9.90. The van der Waals surface area contributed by atoms with Gasteiger partial charge in [0.1, 0.15) is 0 Å². The maximum atomic E-state index is 5.27. The average molecular weight is 319 g/mol. The summed E-state index contributed by atoms with van der Waals surface area (Å²) in [5, 5.41) is 4.26. The molecule has 0 bridgehead atoms. The van der Waals surface area contributed by atoms with Crippen LogP contribution in [0.2, 0.25) is 0 Å². The highest BCUT2D eigenvalue weighted by Crippen LogP contribution is 2.21. The van der Waals surface area contributed by atoms with Crippen LogP contribution in [0, 0.1) is 0 Å². The van der Waals surface area contributed by atoms with Crippen LogP contribution in [0.15, 0.2) is 58.6 Å². The quantitative estimate of drug-likeness (QED) is 0.591. The van der Waals surface area contributed by atoms with Crippen molar-refractivity contribution >= 4 is 11.9 Å². The van der Waals surface area contributed by atoms with Gasteiger partial charge in [0.2, 0.25) is 0 Å². The summed E-state index contributed by atoms with van der Waals surface area (Å²) in [7, 11) is 2.11. The number of hydrazone groups is 1. The zero-order valence-electron chi connectivity index (χ0n) is 13.3. The summed E-state index contributed by atoms with van der Waals surface area (Å²) in [5.74, 6) is 0.748. The lowest BCUT2D eigenvalue weighted by Crippen LogP contribution is -2.07. The van der Waals surface area contributed by atoms with Gasteiger partial charge in [0.05, 0.1) is 23.8 Å². The van der Waals surface area contributed by atoms with Crippen molar-refractivity contribution in [1.29, 1.82) is 0 Å². The third kappa shape index (κ3) is 3.04. The van der Waals surface area contributed by atoms with Crippen molar-refractivity contribution in [2.45, 2.75) is 13.1 Å². The lowest BCUT2D eigenvalue weighted by Gasteiger charge is -2.02. The van der Waals surface area contributed by atoms with Gasteiger partial charge >= 0.3 is 0 Å². The second-order valence-electron chi connectivity index (χ2n) is 5.86. The van der Waals surface area contributed by atoms with Crippen molar-refractivity contribution in [2.75, 3.05) is 12.5 Å². The normalized spacial score (nSPS) is 14.2. The first kappa shape index (κ1) is 14.6. The number of pyridine rings is 1. The molecule has 1 aromatic carbocycles. The summed E-state index contributed by atoms with van der Waals surface area (Å²) < 4.78 is 5.27. The van der Waals surface area contributed by atoms with Gasteiger partial charge < -0.3 is 4.42 Å². The molecule has 6 nitrogen and oxygen atoms in total. The van der Waals surface area contributed by atoms with E-state index in [1.54, 1.807) is 12.4 Å². The number of hydrogen-bond acceptors (Lipinski definition) is 6. The van der Waals surface area contributed by atoms with Crippen LogP contribution < -0.4 is 5.43 Å². The number of anilines is 1. The number of nitrogens with zero attached hydrogens (tertiary/aromatic N) is 4. The van der Waals surface area contributed by atoms with Gasteiger partial charge in [-0.15, -0.1) is 0 Å². The highest BCUT2D eigenvalue weighted by molar-refractivity contribution is 5.78. The van der Waals surface area contributed by atoms with E-state index in [2.05, 4.69) is 38.5 Å². The molecular formula is C18H17N5O. The van der Waals surface area contributed by atoms with Gasteiger partial charge in [0.25, 0.3) is 0 Å². The molecular weight excluding hydrogens is 302 g/mol. The largest absolute Gasteiger partial charge is 0.444 e. The molecule has 3 heterocycles. The van der Waals surface area contributed by atoms with E-state index in [1.165, 1.54) is 17.5 Å². The second kappa shape index (κ2) is 6.25. The first-order valence-electron chi connectivity index (χ1n) is 7.72. The second-order valence-corrected chi connectivity index (χ2v) is 5.86. The first-order chi connectivity index (χ1) is 11.8. The Morgan fingerprint density at radius 3 is 2.79 bits per heavy atom. The molecule has 0 unspecified atom stereocenters. The molecule has 1 N–H and O–H groups in total. The van der Waals surface area contributed by atoms with E-state index >= 15 is 0 Å². The molecule has 2 aromatic heterocycles. The van der Waals surface area contributed by atoms with Gasteiger partial charge in [0, 0.05) is 24.8 Å². The van der Waals surface area contributed by atoms with Crippen LogP contribution in [0.1, 0.15) is 16.8 Å².